The van der Waals surface area contributed by atoms with Gasteiger partial charge in [0.2, 0.25) is 0 Å². The van der Waals surface area contributed by atoms with E-state index in [1.807, 2.05) is 11.8 Å². The lowest BCUT2D eigenvalue weighted by atomic mass is 10.2. The van der Waals surface area contributed by atoms with E-state index >= 15 is 0 Å². The number of hydrogen-bond donors (Lipinski definition) is 0. The zero-order valence-corrected chi connectivity index (χ0v) is 9.16. The average molecular weight is 185 g/mol. The Bertz CT molecular complexity index is 137. The Hall–Kier alpha value is -0.160. The van der Waals surface area contributed by atoms with Gasteiger partial charge in [0.1, 0.15) is 0 Å². The van der Waals surface area contributed by atoms with E-state index in [0.29, 0.717) is 0 Å². The maximum atomic E-state index is 8.31. The summed E-state index contributed by atoms with van der Waals surface area (Å²) in [5.74, 6) is 1.98. The molecular weight excluding hydrogens is 166 g/mol. The van der Waals surface area contributed by atoms with E-state index < -0.39 is 0 Å². The van der Waals surface area contributed by atoms with Gasteiger partial charge in [0.25, 0.3) is 0 Å². The number of hydrogen-bond acceptors (Lipinski definition) is 2. The van der Waals surface area contributed by atoms with Crippen LogP contribution in [0.3, 0.4) is 0 Å². The number of rotatable bonds is 6. The minimum absolute atomic E-state index is 0.719. The highest BCUT2D eigenvalue weighted by Crippen LogP contribution is 2.19. The molecule has 70 valence electrons. The van der Waals surface area contributed by atoms with E-state index in [9.17, 15) is 0 Å². The summed E-state index contributed by atoms with van der Waals surface area (Å²) in [6.45, 7) is 6.79. The third kappa shape index (κ3) is 6.54. The topological polar surface area (TPSA) is 23.8 Å². The van der Waals surface area contributed by atoms with Gasteiger partial charge in [0.05, 0.1) is 6.07 Å². The second kappa shape index (κ2) is 7.49. The molecule has 0 aromatic heterocycles. The second-order valence-corrected chi connectivity index (χ2v) is 4.92. The molecule has 0 aliphatic rings. The largest absolute Gasteiger partial charge is 0.198 e. The fourth-order valence-electron chi connectivity index (χ4n) is 0.768. The lowest BCUT2D eigenvalue weighted by Gasteiger charge is -2.14. The quantitative estimate of drug-likeness (QED) is 0.592. The molecule has 0 spiro atoms. The Kier molecular flexibility index (Phi) is 7.39. The molecule has 0 amide bonds. The van der Waals surface area contributed by atoms with Crippen molar-refractivity contribution >= 4 is 11.8 Å². The number of nitriles is 1. The van der Waals surface area contributed by atoms with Gasteiger partial charge in [0.15, 0.2) is 0 Å². The van der Waals surface area contributed by atoms with Crippen LogP contribution in [0.25, 0.3) is 0 Å². The molecule has 0 rings (SSSR count). The van der Waals surface area contributed by atoms with Gasteiger partial charge in [-0.3, -0.25) is 0 Å². The summed E-state index contributed by atoms with van der Waals surface area (Å²) in [6, 6.07) is 2.17. The van der Waals surface area contributed by atoms with E-state index in [2.05, 4.69) is 26.8 Å². The van der Waals surface area contributed by atoms with E-state index in [1.54, 1.807) is 0 Å². The van der Waals surface area contributed by atoms with E-state index in [4.69, 9.17) is 5.26 Å². The molecule has 0 aromatic rings. The van der Waals surface area contributed by atoms with Crippen molar-refractivity contribution in [3.63, 3.8) is 0 Å². The zero-order valence-electron chi connectivity index (χ0n) is 8.34. The first-order valence-electron chi connectivity index (χ1n) is 4.67. The smallest absolute Gasteiger partial charge is 0.0621 e. The van der Waals surface area contributed by atoms with Gasteiger partial charge in [-0.2, -0.15) is 17.0 Å². The van der Waals surface area contributed by atoms with Crippen molar-refractivity contribution in [3.8, 4) is 6.07 Å². The Balaban J connectivity index is 3.15. The van der Waals surface area contributed by atoms with Crippen LogP contribution in [-0.2, 0) is 0 Å². The van der Waals surface area contributed by atoms with Crippen LogP contribution in [0.1, 0.15) is 40.0 Å². The van der Waals surface area contributed by atoms with Crippen LogP contribution in [0.5, 0.6) is 0 Å². The van der Waals surface area contributed by atoms with Crippen LogP contribution >= 0.6 is 11.8 Å². The summed E-state index contributed by atoms with van der Waals surface area (Å²) in [5.41, 5.74) is 0. The van der Waals surface area contributed by atoms with Gasteiger partial charge in [0, 0.05) is 11.7 Å². The maximum absolute atomic E-state index is 8.31. The molecule has 0 saturated heterocycles. The molecule has 0 bridgehead atoms. The SMILES string of the molecule is CC(C)C(C)SCCCCC#N. The Morgan fingerprint density at radius 3 is 2.42 bits per heavy atom. The van der Waals surface area contributed by atoms with Crippen molar-refractivity contribution < 1.29 is 0 Å². The summed E-state index contributed by atoms with van der Waals surface area (Å²) in [7, 11) is 0. The van der Waals surface area contributed by atoms with Crippen molar-refractivity contribution in [1.29, 1.82) is 5.26 Å². The third-order valence-corrected chi connectivity index (χ3v) is 3.60. The van der Waals surface area contributed by atoms with E-state index in [-0.39, 0.29) is 0 Å². The van der Waals surface area contributed by atoms with Gasteiger partial charge in [-0.05, 0) is 24.5 Å². The Morgan fingerprint density at radius 1 is 1.25 bits per heavy atom. The molecular formula is C10H19NS. The van der Waals surface area contributed by atoms with Crippen LogP contribution in [0.15, 0.2) is 0 Å². The van der Waals surface area contributed by atoms with Crippen molar-refractivity contribution in [3.05, 3.63) is 0 Å². The summed E-state index contributed by atoms with van der Waals surface area (Å²) in [6.07, 6.45) is 2.97. The molecule has 0 N–H and O–H groups in total. The molecule has 1 atom stereocenters. The van der Waals surface area contributed by atoms with Crippen LogP contribution in [0.4, 0.5) is 0 Å². The first kappa shape index (κ1) is 11.8. The molecule has 0 fully saturated rings. The normalized spacial score (nSPS) is 12.9. The van der Waals surface area contributed by atoms with Crippen LogP contribution in [0.2, 0.25) is 0 Å². The number of thioether (sulfide) groups is 1. The molecule has 1 nitrogen and oxygen atoms in total. The highest BCUT2D eigenvalue weighted by Gasteiger charge is 2.05. The fourth-order valence-corrected chi connectivity index (χ4v) is 1.90. The van der Waals surface area contributed by atoms with Gasteiger partial charge in [-0.1, -0.05) is 20.8 Å². The second-order valence-electron chi connectivity index (χ2n) is 3.44. The number of unbranched alkanes of at least 4 members (excludes halogenated alkanes) is 2. The first-order valence-corrected chi connectivity index (χ1v) is 5.72. The zero-order chi connectivity index (χ0) is 9.40. The highest BCUT2D eigenvalue weighted by molar-refractivity contribution is 7.99. The van der Waals surface area contributed by atoms with Crippen molar-refractivity contribution in [2.45, 2.75) is 45.3 Å². The highest BCUT2D eigenvalue weighted by atomic mass is 32.2. The van der Waals surface area contributed by atoms with Gasteiger partial charge < -0.3 is 0 Å². The minimum Gasteiger partial charge on any atom is -0.198 e. The summed E-state index contributed by atoms with van der Waals surface area (Å²) in [4.78, 5) is 0. The van der Waals surface area contributed by atoms with Crippen LogP contribution < -0.4 is 0 Å². The maximum Gasteiger partial charge on any atom is 0.0621 e. The van der Waals surface area contributed by atoms with Gasteiger partial charge in [-0.15, -0.1) is 0 Å². The predicted octanol–water partition coefficient (Wildman–Crippen LogP) is 3.46. The Morgan fingerprint density at radius 2 is 1.92 bits per heavy atom. The molecule has 12 heavy (non-hydrogen) atoms. The third-order valence-electron chi connectivity index (χ3n) is 2.00. The molecule has 0 radical (unpaired) electrons. The van der Waals surface area contributed by atoms with Crippen molar-refractivity contribution in [2.75, 3.05) is 5.75 Å². The van der Waals surface area contributed by atoms with Gasteiger partial charge in [-0.25, -0.2) is 0 Å². The van der Waals surface area contributed by atoms with E-state index in [0.717, 1.165) is 24.0 Å². The lowest BCUT2D eigenvalue weighted by Crippen LogP contribution is -2.06. The minimum atomic E-state index is 0.719. The van der Waals surface area contributed by atoms with Gasteiger partial charge >= 0.3 is 0 Å². The first-order chi connectivity index (χ1) is 5.68. The molecule has 0 aliphatic carbocycles. The standard InChI is InChI=1S/C10H19NS/c1-9(2)10(3)12-8-6-4-5-7-11/h9-10H,4-6,8H2,1-3H3. The Labute approximate surface area is 80.5 Å². The molecule has 0 aliphatic heterocycles. The molecule has 0 saturated carbocycles. The molecule has 0 aromatic carbocycles. The molecule has 2 heteroatoms. The summed E-state index contributed by atoms with van der Waals surface area (Å²) in [5, 5.41) is 9.06. The molecule has 1 unspecified atom stereocenters. The average Bonchev–Trinajstić information content (AvgIpc) is 2.03. The summed E-state index contributed by atoms with van der Waals surface area (Å²) >= 11 is 2.03. The fraction of sp³-hybridized carbons (Fsp3) is 0.900. The van der Waals surface area contributed by atoms with E-state index in [1.165, 1.54) is 12.2 Å². The monoisotopic (exact) mass is 185 g/mol. The van der Waals surface area contributed by atoms with Crippen LogP contribution in [0, 0.1) is 17.2 Å². The van der Waals surface area contributed by atoms with Crippen molar-refractivity contribution in [2.24, 2.45) is 5.92 Å². The predicted molar refractivity (Wildman–Crippen MR) is 56.2 cm³/mol. The number of nitrogens with zero attached hydrogens (tertiary/aromatic N) is 1. The van der Waals surface area contributed by atoms with Crippen LogP contribution in [-0.4, -0.2) is 11.0 Å². The molecule has 0 heterocycles. The summed E-state index contributed by atoms with van der Waals surface area (Å²) < 4.78 is 0. The van der Waals surface area contributed by atoms with Crippen molar-refractivity contribution in [1.82, 2.24) is 0 Å². The lowest BCUT2D eigenvalue weighted by molar-refractivity contribution is 0.641.